The van der Waals surface area contributed by atoms with Gasteiger partial charge in [0.2, 0.25) is 4.77 Å². The quantitative estimate of drug-likeness (QED) is 0.398. The summed E-state index contributed by atoms with van der Waals surface area (Å²) in [7, 11) is 0. The van der Waals surface area contributed by atoms with E-state index in [0.29, 0.717) is 40.3 Å². The lowest BCUT2D eigenvalue weighted by atomic mass is 10.2. The standard InChI is InChI=1S/C20H21ClN4O2S/c1-3-10-27-18-16(21)11-14(12-17(18)26-4-2)13-22-25-19(23-24-20(25)28)15-8-6-5-7-9-15/h5-9,11-13H,3-4,10H2,1-2H3,(H,24,28)/b22-13-. The number of nitrogens with one attached hydrogen (secondary N) is 1. The van der Waals surface area contributed by atoms with Crippen molar-refractivity contribution in [3.8, 4) is 22.9 Å². The van der Waals surface area contributed by atoms with Gasteiger partial charge < -0.3 is 9.47 Å². The molecule has 0 unspecified atom stereocenters. The van der Waals surface area contributed by atoms with Crippen LogP contribution >= 0.6 is 23.8 Å². The smallest absolute Gasteiger partial charge is 0.216 e. The van der Waals surface area contributed by atoms with Crippen LogP contribution in [0.25, 0.3) is 11.4 Å². The maximum absolute atomic E-state index is 6.41. The minimum Gasteiger partial charge on any atom is -0.490 e. The number of hydrogen-bond acceptors (Lipinski definition) is 5. The Balaban J connectivity index is 1.95. The van der Waals surface area contributed by atoms with E-state index in [-0.39, 0.29) is 0 Å². The van der Waals surface area contributed by atoms with E-state index in [1.807, 2.05) is 50.2 Å². The molecule has 1 N–H and O–H groups in total. The predicted octanol–water partition coefficient (Wildman–Crippen LogP) is 5.33. The minimum absolute atomic E-state index is 0.397. The van der Waals surface area contributed by atoms with E-state index >= 15 is 0 Å². The zero-order valence-corrected chi connectivity index (χ0v) is 17.3. The van der Waals surface area contributed by atoms with Gasteiger partial charge in [0.25, 0.3) is 0 Å². The number of halogens is 1. The van der Waals surface area contributed by atoms with Gasteiger partial charge in [-0.1, -0.05) is 48.9 Å². The molecule has 0 amide bonds. The van der Waals surface area contributed by atoms with Crippen LogP contribution in [-0.2, 0) is 0 Å². The lowest BCUT2D eigenvalue weighted by Crippen LogP contribution is -2.02. The molecule has 0 fully saturated rings. The molecule has 0 bridgehead atoms. The number of benzene rings is 2. The van der Waals surface area contributed by atoms with E-state index in [0.717, 1.165) is 17.5 Å². The normalized spacial score (nSPS) is 11.1. The topological polar surface area (TPSA) is 64.4 Å². The molecule has 0 saturated carbocycles. The highest BCUT2D eigenvalue weighted by molar-refractivity contribution is 7.71. The fourth-order valence-corrected chi connectivity index (χ4v) is 3.02. The van der Waals surface area contributed by atoms with Gasteiger partial charge in [-0.25, -0.2) is 5.10 Å². The summed E-state index contributed by atoms with van der Waals surface area (Å²) in [6, 6.07) is 13.3. The Labute approximate surface area is 173 Å². The van der Waals surface area contributed by atoms with Gasteiger partial charge in [-0.2, -0.15) is 14.9 Å². The van der Waals surface area contributed by atoms with Crippen molar-refractivity contribution in [2.45, 2.75) is 20.3 Å². The van der Waals surface area contributed by atoms with Gasteiger partial charge in [-0.15, -0.1) is 0 Å². The fourth-order valence-electron chi connectivity index (χ4n) is 2.57. The Kier molecular flexibility index (Phi) is 6.84. The maximum atomic E-state index is 6.41. The molecule has 3 rings (SSSR count). The molecule has 6 nitrogen and oxygen atoms in total. The minimum atomic E-state index is 0.397. The van der Waals surface area contributed by atoms with Crippen molar-refractivity contribution in [3.63, 3.8) is 0 Å². The van der Waals surface area contributed by atoms with Crippen LogP contribution in [0.1, 0.15) is 25.8 Å². The van der Waals surface area contributed by atoms with Gasteiger partial charge in [-0.3, -0.25) is 0 Å². The molecule has 0 spiro atoms. The fraction of sp³-hybridized carbons (Fsp3) is 0.250. The molecule has 146 valence electrons. The van der Waals surface area contributed by atoms with Gasteiger partial charge in [0.15, 0.2) is 17.3 Å². The number of ether oxygens (including phenoxy) is 2. The van der Waals surface area contributed by atoms with Gasteiger partial charge >= 0.3 is 0 Å². The number of rotatable bonds is 8. The Hall–Kier alpha value is -2.64. The monoisotopic (exact) mass is 416 g/mol. The molecule has 2 aromatic carbocycles. The van der Waals surface area contributed by atoms with Crippen LogP contribution in [0, 0.1) is 4.77 Å². The molecule has 0 saturated heterocycles. The Bertz CT molecular complexity index is 1010. The first kappa shape index (κ1) is 20.1. The second kappa shape index (κ2) is 9.52. The molecule has 0 aliphatic heterocycles. The first-order chi connectivity index (χ1) is 13.6. The zero-order valence-electron chi connectivity index (χ0n) is 15.7. The van der Waals surface area contributed by atoms with Crippen molar-refractivity contribution in [1.82, 2.24) is 14.9 Å². The Morgan fingerprint density at radius 2 is 2.00 bits per heavy atom. The van der Waals surface area contributed by atoms with Crippen LogP contribution in [0.3, 0.4) is 0 Å². The number of aromatic nitrogens is 3. The number of hydrogen-bond donors (Lipinski definition) is 1. The van der Waals surface area contributed by atoms with Crippen LogP contribution in [0.5, 0.6) is 11.5 Å². The molecule has 28 heavy (non-hydrogen) atoms. The van der Waals surface area contributed by atoms with Crippen LogP contribution in [-0.4, -0.2) is 34.3 Å². The van der Waals surface area contributed by atoms with Crippen LogP contribution in [0.4, 0.5) is 0 Å². The van der Waals surface area contributed by atoms with Gasteiger partial charge in [-0.05, 0) is 43.3 Å². The highest BCUT2D eigenvalue weighted by Gasteiger charge is 2.12. The SMILES string of the molecule is CCCOc1c(Cl)cc(/C=N\n2c(-c3ccccc3)n[nH]c2=S)cc1OCC. The summed E-state index contributed by atoms with van der Waals surface area (Å²) in [6.07, 6.45) is 2.54. The highest BCUT2D eigenvalue weighted by atomic mass is 35.5. The number of H-pyrrole nitrogens is 1. The van der Waals surface area contributed by atoms with Crippen molar-refractivity contribution in [2.75, 3.05) is 13.2 Å². The largest absolute Gasteiger partial charge is 0.490 e. The molecule has 1 heterocycles. The summed E-state index contributed by atoms with van der Waals surface area (Å²) in [4.78, 5) is 0. The van der Waals surface area contributed by atoms with E-state index in [1.54, 1.807) is 17.0 Å². The summed E-state index contributed by atoms with van der Waals surface area (Å²) in [5, 5.41) is 12.0. The average Bonchev–Trinajstić information content (AvgIpc) is 3.07. The lowest BCUT2D eigenvalue weighted by molar-refractivity contribution is 0.277. The molecular formula is C20H21ClN4O2S. The number of nitrogens with zero attached hydrogens (tertiary/aromatic N) is 3. The molecular weight excluding hydrogens is 396 g/mol. The van der Waals surface area contributed by atoms with Crippen molar-refractivity contribution in [1.29, 1.82) is 0 Å². The summed E-state index contributed by atoms with van der Waals surface area (Å²) < 4.78 is 13.4. The molecule has 3 aromatic rings. The summed E-state index contributed by atoms with van der Waals surface area (Å²) in [5.41, 5.74) is 1.67. The lowest BCUT2D eigenvalue weighted by Gasteiger charge is -2.13. The van der Waals surface area contributed by atoms with Gasteiger partial charge in [0.1, 0.15) is 0 Å². The average molecular weight is 417 g/mol. The summed E-state index contributed by atoms with van der Waals surface area (Å²) in [6.45, 7) is 5.02. The summed E-state index contributed by atoms with van der Waals surface area (Å²) in [5.74, 6) is 1.76. The summed E-state index contributed by atoms with van der Waals surface area (Å²) >= 11 is 11.7. The van der Waals surface area contributed by atoms with E-state index in [4.69, 9.17) is 33.3 Å². The van der Waals surface area contributed by atoms with Crippen molar-refractivity contribution in [3.05, 3.63) is 57.8 Å². The Morgan fingerprint density at radius 3 is 2.71 bits per heavy atom. The van der Waals surface area contributed by atoms with E-state index < -0.39 is 0 Å². The maximum Gasteiger partial charge on any atom is 0.216 e. The van der Waals surface area contributed by atoms with Gasteiger partial charge in [0.05, 0.1) is 24.5 Å². The second-order valence-electron chi connectivity index (χ2n) is 5.89. The highest BCUT2D eigenvalue weighted by Crippen LogP contribution is 2.36. The van der Waals surface area contributed by atoms with Crippen LogP contribution < -0.4 is 9.47 Å². The third kappa shape index (κ3) is 4.61. The third-order valence-corrected chi connectivity index (χ3v) is 4.33. The van der Waals surface area contributed by atoms with Crippen molar-refractivity contribution in [2.24, 2.45) is 5.10 Å². The van der Waals surface area contributed by atoms with E-state index in [9.17, 15) is 0 Å². The van der Waals surface area contributed by atoms with E-state index in [2.05, 4.69) is 15.3 Å². The van der Waals surface area contributed by atoms with Crippen LogP contribution in [0.2, 0.25) is 5.02 Å². The first-order valence-electron chi connectivity index (χ1n) is 9.00. The molecule has 0 radical (unpaired) electrons. The van der Waals surface area contributed by atoms with E-state index in [1.165, 1.54) is 0 Å². The van der Waals surface area contributed by atoms with Crippen molar-refractivity contribution >= 4 is 30.0 Å². The third-order valence-electron chi connectivity index (χ3n) is 3.79. The second-order valence-corrected chi connectivity index (χ2v) is 6.68. The molecule has 0 aliphatic carbocycles. The molecule has 0 atom stereocenters. The van der Waals surface area contributed by atoms with Crippen molar-refractivity contribution < 1.29 is 9.47 Å². The molecule has 1 aromatic heterocycles. The first-order valence-corrected chi connectivity index (χ1v) is 9.79. The Morgan fingerprint density at radius 1 is 1.21 bits per heavy atom. The van der Waals surface area contributed by atoms with Crippen LogP contribution in [0.15, 0.2) is 47.6 Å². The predicted molar refractivity (Wildman–Crippen MR) is 114 cm³/mol. The molecule has 0 aliphatic rings. The molecule has 8 heteroatoms. The van der Waals surface area contributed by atoms with Gasteiger partial charge in [0, 0.05) is 5.56 Å². The number of aromatic amines is 1. The zero-order chi connectivity index (χ0) is 19.9.